The second-order valence-corrected chi connectivity index (χ2v) is 6.04. The fourth-order valence-corrected chi connectivity index (χ4v) is 2.82. The number of alkyl halides is 3. The minimum atomic E-state index is -4.38. The van der Waals surface area contributed by atoms with Crippen molar-refractivity contribution in [1.82, 2.24) is 24.3 Å². The first kappa shape index (κ1) is 16.3. The smallest absolute Gasteiger partial charge is 0.340 e. The third-order valence-electron chi connectivity index (χ3n) is 4.09. The van der Waals surface area contributed by atoms with Gasteiger partial charge in [0.15, 0.2) is 0 Å². The van der Waals surface area contributed by atoms with Crippen LogP contribution in [0.3, 0.4) is 0 Å². The van der Waals surface area contributed by atoms with Gasteiger partial charge in [-0.05, 0) is 23.8 Å². The van der Waals surface area contributed by atoms with Gasteiger partial charge in [0, 0.05) is 25.0 Å². The van der Waals surface area contributed by atoms with E-state index in [-0.39, 0.29) is 0 Å². The van der Waals surface area contributed by atoms with Crippen molar-refractivity contribution in [2.45, 2.75) is 12.7 Å². The summed E-state index contributed by atoms with van der Waals surface area (Å²) in [5.41, 5.74) is 2.63. The van der Waals surface area contributed by atoms with E-state index in [0.29, 0.717) is 23.2 Å². The van der Waals surface area contributed by atoms with Crippen LogP contribution in [0.2, 0.25) is 0 Å². The molecule has 0 fully saturated rings. The Morgan fingerprint density at radius 1 is 1.04 bits per heavy atom. The molecule has 26 heavy (non-hydrogen) atoms. The summed E-state index contributed by atoms with van der Waals surface area (Å²) in [5.74, 6) is 0. The SMILES string of the molecule is Cn1cnc(Cn2ncc3ncc(-c4cccc(C(F)(F)F)c4)cc32)c1. The van der Waals surface area contributed by atoms with Gasteiger partial charge in [-0.1, -0.05) is 12.1 Å². The van der Waals surface area contributed by atoms with Crippen LogP contribution in [0.4, 0.5) is 13.2 Å². The molecular formula is C18H14F3N5. The number of halogens is 3. The summed E-state index contributed by atoms with van der Waals surface area (Å²) in [6.07, 6.45) is 2.40. The predicted molar refractivity (Wildman–Crippen MR) is 90.3 cm³/mol. The third kappa shape index (κ3) is 3.05. The lowest BCUT2D eigenvalue weighted by Crippen LogP contribution is -2.04. The lowest BCUT2D eigenvalue weighted by atomic mass is 10.0. The largest absolute Gasteiger partial charge is 0.416 e. The van der Waals surface area contributed by atoms with Gasteiger partial charge >= 0.3 is 6.18 Å². The topological polar surface area (TPSA) is 48.5 Å². The van der Waals surface area contributed by atoms with Crippen molar-refractivity contribution in [3.05, 3.63) is 66.5 Å². The van der Waals surface area contributed by atoms with Crippen molar-refractivity contribution in [2.75, 3.05) is 0 Å². The molecule has 0 amide bonds. The van der Waals surface area contributed by atoms with Crippen LogP contribution in [0.25, 0.3) is 22.2 Å². The second-order valence-electron chi connectivity index (χ2n) is 6.04. The zero-order chi connectivity index (χ0) is 18.3. The van der Waals surface area contributed by atoms with E-state index in [0.717, 1.165) is 23.3 Å². The van der Waals surface area contributed by atoms with Gasteiger partial charge in [-0.25, -0.2) is 4.98 Å². The summed E-state index contributed by atoms with van der Waals surface area (Å²) >= 11 is 0. The molecule has 8 heteroatoms. The van der Waals surface area contributed by atoms with Crippen LogP contribution in [-0.4, -0.2) is 24.3 Å². The first-order valence-electron chi connectivity index (χ1n) is 7.86. The summed E-state index contributed by atoms with van der Waals surface area (Å²) < 4.78 is 42.4. The standard InChI is InChI=1S/C18H14F3N5/c1-25-9-15(23-11-25)10-26-17-6-13(7-22-16(17)8-24-26)12-3-2-4-14(5-12)18(19,20)21/h2-9,11H,10H2,1H3. The number of aromatic nitrogens is 5. The summed E-state index contributed by atoms with van der Waals surface area (Å²) in [6, 6.07) is 7.02. The van der Waals surface area contributed by atoms with E-state index in [4.69, 9.17) is 0 Å². The maximum Gasteiger partial charge on any atom is 0.416 e. The Balaban J connectivity index is 1.74. The van der Waals surface area contributed by atoms with Crippen LogP contribution in [0.5, 0.6) is 0 Å². The van der Waals surface area contributed by atoms with Gasteiger partial charge in [0.25, 0.3) is 0 Å². The van der Waals surface area contributed by atoms with Crippen LogP contribution in [0.15, 0.2) is 55.2 Å². The van der Waals surface area contributed by atoms with Gasteiger partial charge < -0.3 is 4.57 Å². The molecule has 0 aliphatic carbocycles. The molecule has 3 heterocycles. The molecular weight excluding hydrogens is 343 g/mol. The van der Waals surface area contributed by atoms with Gasteiger partial charge in [-0.15, -0.1) is 0 Å². The monoisotopic (exact) mass is 357 g/mol. The fraction of sp³-hybridized carbons (Fsp3) is 0.167. The van der Waals surface area contributed by atoms with Crippen molar-refractivity contribution in [3.63, 3.8) is 0 Å². The van der Waals surface area contributed by atoms with Crippen molar-refractivity contribution < 1.29 is 13.2 Å². The number of fused-ring (bicyclic) bond motifs is 1. The average molecular weight is 357 g/mol. The number of hydrogen-bond acceptors (Lipinski definition) is 3. The lowest BCUT2D eigenvalue weighted by Gasteiger charge is -2.09. The maximum absolute atomic E-state index is 13.0. The average Bonchev–Trinajstić information content (AvgIpc) is 3.20. The number of hydrogen-bond donors (Lipinski definition) is 0. The molecule has 0 N–H and O–H groups in total. The lowest BCUT2D eigenvalue weighted by molar-refractivity contribution is -0.137. The zero-order valence-corrected chi connectivity index (χ0v) is 13.8. The molecule has 0 unspecified atom stereocenters. The van der Waals surface area contributed by atoms with Crippen LogP contribution in [0.1, 0.15) is 11.3 Å². The predicted octanol–water partition coefficient (Wildman–Crippen LogP) is 3.90. The van der Waals surface area contributed by atoms with E-state index in [1.54, 1.807) is 35.5 Å². The molecule has 3 aromatic heterocycles. The van der Waals surface area contributed by atoms with E-state index >= 15 is 0 Å². The summed E-state index contributed by atoms with van der Waals surface area (Å²) in [6.45, 7) is 0.456. The maximum atomic E-state index is 13.0. The first-order chi connectivity index (χ1) is 12.4. The molecule has 0 aliphatic heterocycles. The highest BCUT2D eigenvalue weighted by molar-refractivity contribution is 5.80. The minimum Gasteiger partial charge on any atom is -0.340 e. The number of benzene rings is 1. The number of nitrogens with zero attached hydrogens (tertiary/aromatic N) is 5. The molecule has 0 bridgehead atoms. The Bertz CT molecular complexity index is 1080. The molecule has 132 valence electrons. The van der Waals surface area contributed by atoms with E-state index in [2.05, 4.69) is 15.1 Å². The number of imidazole rings is 1. The molecule has 5 nitrogen and oxygen atoms in total. The van der Waals surface area contributed by atoms with Crippen LogP contribution >= 0.6 is 0 Å². The van der Waals surface area contributed by atoms with Crippen molar-refractivity contribution >= 4 is 11.0 Å². The normalized spacial score (nSPS) is 12.0. The third-order valence-corrected chi connectivity index (χ3v) is 4.09. The molecule has 1 aromatic carbocycles. The number of aryl methyl sites for hydroxylation is 1. The van der Waals surface area contributed by atoms with Crippen molar-refractivity contribution in [1.29, 1.82) is 0 Å². The molecule has 4 aromatic rings. The zero-order valence-electron chi connectivity index (χ0n) is 13.8. The molecule has 0 atom stereocenters. The van der Waals surface area contributed by atoms with E-state index in [9.17, 15) is 13.2 Å². The van der Waals surface area contributed by atoms with Crippen LogP contribution in [0, 0.1) is 0 Å². The molecule has 0 radical (unpaired) electrons. The highest BCUT2D eigenvalue weighted by Crippen LogP contribution is 2.32. The number of pyridine rings is 1. The quantitative estimate of drug-likeness (QED) is 0.559. The first-order valence-corrected chi connectivity index (χ1v) is 7.86. The molecule has 0 saturated carbocycles. The number of rotatable bonds is 3. The van der Waals surface area contributed by atoms with Gasteiger partial charge in [-0.2, -0.15) is 18.3 Å². The highest BCUT2D eigenvalue weighted by atomic mass is 19.4. The molecule has 0 aliphatic rings. The summed E-state index contributed by atoms with van der Waals surface area (Å²) in [7, 11) is 1.88. The van der Waals surface area contributed by atoms with E-state index in [1.807, 2.05) is 17.8 Å². The summed E-state index contributed by atoms with van der Waals surface area (Å²) in [5, 5.41) is 4.32. The van der Waals surface area contributed by atoms with Crippen molar-refractivity contribution in [2.24, 2.45) is 7.05 Å². The van der Waals surface area contributed by atoms with E-state index in [1.165, 1.54) is 6.07 Å². The van der Waals surface area contributed by atoms with E-state index < -0.39 is 11.7 Å². The Morgan fingerprint density at radius 3 is 2.62 bits per heavy atom. The minimum absolute atomic E-state index is 0.456. The van der Waals surface area contributed by atoms with Gasteiger partial charge in [0.1, 0.15) is 5.52 Å². The van der Waals surface area contributed by atoms with Crippen LogP contribution in [-0.2, 0) is 19.8 Å². The molecule has 4 rings (SSSR count). The van der Waals surface area contributed by atoms with Crippen LogP contribution < -0.4 is 0 Å². The second kappa shape index (κ2) is 5.98. The molecule has 0 spiro atoms. The Morgan fingerprint density at radius 2 is 1.88 bits per heavy atom. The Kier molecular flexibility index (Phi) is 3.75. The molecule has 0 saturated heterocycles. The Hall–Kier alpha value is -3.16. The van der Waals surface area contributed by atoms with Gasteiger partial charge in [0.05, 0.1) is 35.8 Å². The highest BCUT2D eigenvalue weighted by Gasteiger charge is 2.30. The van der Waals surface area contributed by atoms with Crippen molar-refractivity contribution in [3.8, 4) is 11.1 Å². The fourth-order valence-electron chi connectivity index (χ4n) is 2.82. The summed E-state index contributed by atoms with van der Waals surface area (Å²) in [4.78, 5) is 8.60. The van der Waals surface area contributed by atoms with Gasteiger partial charge in [-0.3, -0.25) is 9.67 Å². The van der Waals surface area contributed by atoms with Gasteiger partial charge in [0.2, 0.25) is 0 Å². The Labute approximate surface area is 146 Å².